The van der Waals surface area contributed by atoms with Gasteiger partial charge in [0.25, 0.3) is 0 Å². The normalized spacial score (nSPS) is 18.8. The quantitative estimate of drug-likeness (QED) is 0.596. The van der Waals surface area contributed by atoms with Crippen molar-refractivity contribution in [3.05, 3.63) is 64.7 Å². The molecule has 2 aromatic carbocycles. The van der Waals surface area contributed by atoms with Crippen LogP contribution in [0.2, 0.25) is 0 Å². The third kappa shape index (κ3) is 6.24. The molecule has 0 aromatic heterocycles. The monoisotopic (exact) mass is 513 g/mol. The predicted octanol–water partition coefficient (Wildman–Crippen LogP) is 4.81. The molecule has 0 aliphatic carbocycles. The molecule has 0 radical (unpaired) electrons. The van der Waals surface area contributed by atoms with Crippen molar-refractivity contribution in [3.8, 4) is 0 Å². The fourth-order valence-electron chi connectivity index (χ4n) is 4.40. The lowest BCUT2D eigenvalue weighted by Gasteiger charge is -2.47. The number of ether oxygens (including phenoxy) is 1. The molecule has 2 N–H and O–H groups in total. The van der Waals surface area contributed by atoms with E-state index in [0.717, 1.165) is 17.0 Å². The van der Waals surface area contributed by atoms with E-state index in [1.807, 2.05) is 0 Å². The average molecular weight is 514 g/mol. The van der Waals surface area contributed by atoms with E-state index in [4.69, 9.17) is 10.5 Å². The average Bonchev–Trinajstić information content (AvgIpc) is 2.71. The highest BCUT2D eigenvalue weighted by Gasteiger charge is 2.44. The van der Waals surface area contributed by atoms with Gasteiger partial charge >= 0.3 is 12.3 Å². The number of carbonyl (C=O) groups excluding carboxylic acids is 2. The van der Waals surface area contributed by atoms with Crippen LogP contribution in [0.3, 0.4) is 0 Å². The Hall–Kier alpha value is -3.37. The molecule has 1 aliphatic rings. The number of carbonyl (C=O) groups is 2. The van der Waals surface area contributed by atoms with E-state index >= 15 is 0 Å². The first-order chi connectivity index (χ1) is 16.6. The van der Waals surface area contributed by atoms with Crippen LogP contribution in [0.1, 0.15) is 37.5 Å². The second-order valence-electron chi connectivity index (χ2n) is 9.76. The third-order valence-corrected chi connectivity index (χ3v) is 5.80. The van der Waals surface area contributed by atoms with Gasteiger partial charge in [-0.15, -0.1) is 0 Å². The van der Waals surface area contributed by atoms with Crippen molar-refractivity contribution in [1.29, 1.82) is 0 Å². The highest BCUT2D eigenvalue weighted by atomic mass is 19.4. The number of benzene rings is 2. The highest BCUT2D eigenvalue weighted by Crippen LogP contribution is 2.34. The maximum atomic E-state index is 14.2. The molecule has 3 rings (SSSR count). The van der Waals surface area contributed by atoms with Crippen LogP contribution in [0.5, 0.6) is 0 Å². The number of nitrogens with two attached hydrogens (primary N) is 1. The zero-order valence-corrected chi connectivity index (χ0v) is 20.3. The summed E-state index contributed by atoms with van der Waals surface area (Å²) in [7, 11) is 0. The van der Waals surface area contributed by atoms with Gasteiger partial charge in [-0.05, 0) is 81.6 Å². The number of nitrogens with zero attached hydrogens (tertiary/aromatic N) is 2. The van der Waals surface area contributed by atoms with Crippen LogP contribution in [0, 0.1) is 18.6 Å². The first kappa shape index (κ1) is 27.2. The first-order valence-corrected chi connectivity index (χ1v) is 11.3. The lowest BCUT2D eigenvalue weighted by molar-refractivity contribution is -0.137. The van der Waals surface area contributed by atoms with Gasteiger partial charge in [0.1, 0.15) is 23.3 Å². The minimum absolute atomic E-state index is 0.00673. The summed E-state index contributed by atoms with van der Waals surface area (Å²) in [5, 5.41) is 0. The molecule has 0 bridgehead atoms. The van der Waals surface area contributed by atoms with Crippen molar-refractivity contribution in [2.45, 2.75) is 58.0 Å². The van der Waals surface area contributed by atoms with E-state index in [1.165, 1.54) is 18.2 Å². The Labute approximate surface area is 205 Å². The van der Waals surface area contributed by atoms with Crippen LogP contribution in [0.4, 0.5) is 32.4 Å². The fraction of sp³-hybridized carbons (Fsp3) is 0.440. The standard InChI is InChI=1S/C25H28F5N3O3/c1-14-9-17(26)5-6-19(14)32-7-8-33(23(35)36-24(2,3)4)21(22(31)34)20(32)12-15-10-16(25(28,29)30)13-18(27)11-15/h5-6,9-11,13,20-21H,7-8,12H2,1-4H3,(H2,31,34). The molecule has 2 amide bonds. The molecule has 0 saturated carbocycles. The molecule has 1 aliphatic heterocycles. The minimum atomic E-state index is -4.79. The zero-order valence-electron chi connectivity index (χ0n) is 20.3. The number of aryl methyl sites for hydroxylation is 1. The number of anilines is 1. The SMILES string of the molecule is Cc1cc(F)ccc1N1CCN(C(=O)OC(C)(C)C)C(C(N)=O)C1Cc1cc(F)cc(C(F)(F)F)c1. The Kier molecular flexibility index (Phi) is 7.52. The van der Waals surface area contributed by atoms with Crippen LogP contribution >= 0.6 is 0 Å². The van der Waals surface area contributed by atoms with E-state index in [9.17, 15) is 31.5 Å². The van der Waals surface area contributed by atoms with Crippen molar-refractivity contribution >= 4 is 17.7 Å². The molecule has 2 unspecified atom stereocenters. The van der Waals surface area contributed by atoms with Gasteiger partial charge in [-0.1, -0.05) is 0 Å². The summed E-state index contributed by atoms with van der Waals surface area (Å²) < 4.78 is 73.4. The van der Waals surface area contributed by atoms with Crippen molar-refractivity contribution < 1.29 is 36.3 Å². The highest BCUT2D eigenvalue weighted by molar-refractivity contribution is 5.86. The number of halogens is 5. The van der Waals surface area contributed by atoms with Crippen LogP contribution in [0.25, 0.3) is 0 Å². The lowest BCUT2D eigenvalue weighted by atomic mass is 9.92. The van der Waals surface area contributed by atoms with E-state index in [-0.39, 0.29) is 25.1 Å². The topological polar surface area (TPSA) is 75.9 Å². The number of rotatable bonds is 4. The summed E-state index contributed by atoms with van der Waals surface area (Å²) in [6.07, 6.45) is -5.87. The number of hydrogen-bond donors (Lipinski definition) is 1. The summed E-state index contributed by atoms with van der Waals surface area (Å²) in [6.45, 7) is 6.72. The molecule has 0 spiro atoms. The van der Waals surface area contributed by atoms with Gasteiger partial charge in [-0.2, -0.15) is 13.2 Å². The minimum Gasteiger partial charge on any atom is -0.444 e. The smallest absolute Gasteiger partial charge is 0.416 e. The van der Waals surface area contributed by atoms with Crippen molar-refractivity contribution in [2.75, 3.05) is 18.0 Å². The molecule has 1 fully saturated rings. The number of primary amides is 1. The van der Waals surface area contributed by atoms with Gasteiger partial charge in [-0.25, -0.2) is 13.6 Å². The Morgan fingerprint density at radius 2 is 1.69 bits per heavy atom. The third-order valence-electron chi connectivity index (χ3n) is 5.80. The number of amides is 2. The van der Waals surface area contributed by atoms with Crippen LogP contribution in [0.15, 0.2) is 36.4 Å². The Morgan fingerprint density at radius 1 is 1.03 bits per heavy atom. The second kappa shape index (κ2) is 9.94. The van der Waals surface area contributed by atoms with Gasteiger partial charge in [0.2, 0.25) is 5.91 Å². The largest absolute Gasteiger partial charge is 0.444 e. The number of piperazine rings is 1. The Balaban J connectivity index is 2.10. The van der Waals surface area contributed by atoms with Gasteiger partial charge in [0.15, 0.2) is 0 Å². The lowest BCUT2D eigenvalue weighted by Crippen LogP contribution is -2.66. The zero-order chi connectivity index (χ0) is 27.0. The number of hydrogen-bond acceptors (Lipinski definition) is 4. The Bertz CT molecular complexity index is 1150. The molecule has 1 heterocycles. The van der Waals surface area contributed by atoms with Crippen molar-refractivity contribution in [3.63, 3.8) is 0 Å². The van der Waals surface area contributed by atoms with Crippen LogP contribution in [-0.2, 0) is 22.1 Å². The molecule has 196 valence electrons. The second-order valence-corrected chi connectivity index (χ2v) is 9.76. The van der Waals surface area contributed by atoms with Crippen molar-refractivity contribution in [2.24, 2.45) is 5.73 Å². The number of alkyl halides is 3. The fourth-order valence-corrected chi connectivity index (χ4v) is 4.40. The van der Waals surface area contributed by atoms with Crippen LogP contribution < -0.4 is 10.6 Å². The maximum absolute atomic E-state index is 14.2. The van der Waals surface area contributed by atoms with Crippen LogP contribution in [-0.4, -0.2) is 47.7 Å². The Morgan fingerprint density at radius 3 is 2.25 bits per heavy atom. The molecular formula is C25H28F5N3O3. The van der Waals surface area contributed by atoms with Gasteiger partial charge in [0.05, 0.1) is 11.6 Å². The molecule has 6 nitrogen and oxygen atoms in total. The predicted molar refractivity (Wildman–Crippen MR) is 123 cm³/mol. The summed E-state index contributed by atoms with van der Waals surface area (Å²) in [6, 6.07) is 3.76. The van der Waals surface area contributed by atoms with Gasteiger partial charge in [-0.3, -0.25) is 9.69 Å². The van der Waals surface area contributed by atoms with E-state index < -0.39 is 53.1 Å². The molecule has 2 aromatic rings. The maximum Gasteiger partial charge on any atom is 0.416 e. The van der Waals surface area contributed by atoms with E-state index in [0.29, 0.717) is 17.3 Å². The summed E-state index contributed by atoms with van der Waals surface area (Å²) >= 11 is 0. The molecule has 11 heteroatoms. The molecular weight excluding hydrogens is 485 g/mol. The first-order valence-electron chi connectivity index (χ1n) is 11.3. The molecule has 36 heavy (non-hydrogen) atoms. The van der Waals surface area contributed by atoms with E-state index in [1.54, 1.807) is 32.6 Å². The molecule has 2 atom stereocenters. The summed E-state index contributed by atoms with van der Waals surface area (Å²) in [5.74, 6) is -2.51. The van der Waals surface area contributed by atoms with Gasteiger partial charge in [0, 0.05) is 18.8 Å². The summed E-state index contributed by atoms with van der Waals surface area (Å²) in [5.41, 5.74) is 4.60. The van der Waals surface area contributed by atoms with E-state index in [2.05, 4.69) is 0 Å². The molecule has 1 saturated heterocycles. The van der Waals surface area contributed by atoms with Gasteiger partial charge < -0.3 is 15.4 Å². The summed E-state index contributed by atoms with van der Waals surface area (Å²) in [4.78, 5) is 28.4. The van der Waals surface area contributed by atoms with Crippen molar-refractivity contribution in [1.82, 2.24) is 4.90 Å².